The van der Waals surface area contributed by atoms with Gasteiger partial charge >= 0.3 is 5.97 Å². The van der Waals surface area contributed by atoms with Gasteiger partial charge in [0.1, 0.15) is 6.04 Å². The molecule has 2 atom stereocenters. The second-order valence-corrected chi connectivity index (χ2v) is 4.39. The lowest BCUT2D eigenvalue weighted by molar-refractivity contribution is -0.145. The fraction of sp³-hybridized carbons (Fsp3) is 0.800. The van der Waals surface area contributed by atoms with E-state index in [4.69, 9.17) is 10.2 Å². The molecule has 1 saturated heterocycles. The van der Waals surface area contributed by atoms with Crippen LogP contribution in [0.2, 0.25) is 0 Å². The van der Waals surface area contributed by atoms with Gasteiger partial charge in [0, 0.05) is 6.54 Å². The standard InChI is InChI=1S/C10H18N2O4/c1-10(3-2-4-11-6-10)9(16)12-7(5-13)8(14)15/h7,11,13H,2-6H2,1H3,(H,12,16)(H,14,15)/t7-,10?/m0/s1. The first-order chi connectivity index (χ1) is 7.49. The Morgan fingerprint density at radius 2 is 2.25 bits per heavy atom. The number of nitrogens with one attached hydrogen (secondary N) is 2. The van der Waals surface area contributed by atoms with Gasteiger partial charge in [0.15, 0.2) is 0 Å². The van der Waals surface area contributed by atoms with Gasteiger partial charge in [-0.1, -0.05) is 0 Å². The second kappa shape index (κ2) is 5.27. The minimum absolute atomic E-state index is 0.318. The Hall–Kier alpha value is -1.14. The first kappa shape index (κ1) is 12.9. The van der Waals surface area contributed by atoms with Crippen LogP contribution in [0.1, 0.15) is 19.8 Å². The van der Waals surface area contributed by atoms with Gasteiger partial charge in [-0.25, -0.2) is 4.79 Å². The van der Waals surface area contributed by atoms with Crippen molar-refractivity contribution in [2.45, 2.75) is 25.8 Å². The molecule has 1 rings (SSSR count). The van der Waals surface area contributed by atoms with Crippen LogP contribution in [0.3, 0.4) is 0 Å². The molecule has 0 spiro atoms. The maximum absolute atomic E-state index is 11.9. The van der Waals surface area contributed by atoms with Crippen LogP contribution in [0.15, 0.2) is 0 Å². The first-order valence-electron chi connectivity index (χ1n) is 5.35. The van der Waals surface area contributed by atoms with Gasteiger partial charge in [0.25, 0.3) is 0 Å². The van der Waals surface area contributed by atoms with Gasteiger partial charge in [-0.15, -0.1) is 0 Å². The molecular formula is C10H18N2O4. The smallest absolute Gasteiger partial charge is 0.328 e. The Morgan fingerprint density at radius 3 is 2.69 bits per heavy atom. The van der Waals surface area contributed by atoms with E-state index in [-0.39, 0.29) is 5.91 Å². The molecule has 1 heterocycles. The second-order valence-electron chi connectivity index (χ2n) is 4.39. The average molecular weight is 230 g/mol. The Labute approximate surface area is 94.0 Å². The third-order valence-corrected chi connectivity index (χ3v) is 2.93. The number of amides is 1. The summed E-state index contributed by atoms with van der Waals surface area (Å²) in [5.74, 6) is -1.54. The monoisotopic (exact) mass is 230 g/mol. The Bertz CT molecular complexity index is 274. The molecule has 0 radical (unpaired) electrons. The quantitative estimate of drug-likeness (QED) is 0.493. The van der Waals surface area contributed by atoms with Crippen LogP contribution in [0, 0.1) is 5.41 Å². The van der Waals surface area contributed by atoms with E-state index < -0.39 is 24.0 Å². The normalized spacial score (nSPS) is 27.1. The molecule has 0 aliphatic carbocycles. The highest BCUT2D eigenvalue weighted by Gasteiger charge is 2.36. The number of piperidine rings is 1. The number of hydrogen-bond donors (Lipinski definition) is 4. The third kappa shape index (κ3) is 2.93. The highest BCUT2D eigenvalue weighted by atomic mass is 16.4. The fourth-order valence-electron chi connectivity index (χ4n) is 1.77. The van der Waals surface area contributed by atoms with E-state index in [1.165, 1.54) is 0 Å². The number of carboxylic acid groups (broad SMARTS) is 1. The number of aliphatic hydroxyl groups excluding tert-OH is 1. The van der Waals surface area contributed by atoms with Gasteiger partial charge in [-0.2, -0.15) is 0 Å². The van der Waals surface area contributed by atoms with Gasteiger partial charge in [-0.05, 0) is 26.3 Å². The Kier molecular flexibility index (Phi) is 4.26. The molecule has 92 valence electrons. The molecule has 0 aromatic rings. The van der Waals surface area contributed by atoms with Crippen molar-refractivity contribution in [1.29, 1.82) is 0 Å². The lowest BCUT2D eigenvalue weighted by Crippen LogP contribution is -2.53. The fourth-order valence-corrected chi connectivity index (χ4v) is 1.77. The van der Waals surface area contributed by atoms with Crippen LogP contribution in [0.5, 0.6) is 0 Å². The van der Waals surface area contributed by atoms with E-state index in [0.717, 1.165) is 19.4 Å². The molecule has 1 fully saturated rings. The summed E-state index contributed by atoms with van der Waals surface area (Å²) in [6.45, 7) is 2.62. The summed E-state index contributed by atoms with van der Waals surface area (Å²) in [5.41, 5.74) is -0.582. The lowest BCUT2D eigenvalue weighted by Gasteiger charge is -2.33. The summed E-state index contributed by atoms with van der Waals surface area (Å²) in [5, 5.41) is 23.0. The van der Waals surface area contributed by atoms with Crippen LogP contribution in [0.4, 0.5) is 0 Å². The number of aliphatic carboxylic acids is 1. The summed E-state index contributed by atoms with van der Waals surface area (Å²) in [7, 11) is 0. The van der Waals surface area contributed by atoms with Gasteiger partial charge in [0.2, 0.25) is 5.91 Å². The molecule has 16 heavy (non-hydrogen) atoms. The van der Waals surface area contributed by atoms with Gasteiger partial charge < -0.3 is 20.8 Å². The average Bonchev–Trinajstić information content (AvgIpc) is 2.26. The van der Waals surface area contributed by atoms with Crippen LogP contribution in [-0.2, 0) is 9.59 Å². The van der Waals surface area contributed by atoms with Crippen molar-refractivity contribution >= 4 is 11.9 Å². The number of aliphatic hydroxyl groups is 1. The highest BCUT2D eigenvalue weighted by molar-refractivity contribution is 5.87. The lowest BCUT2D eigenvalue weighted by atomic mass is 9.81. The summed E-state index contributed by atoms with van der Waals surface area (Å²) in [6, 6.07) is -1.22. The molecule has 6 nitrogen and oxygen atoms in total. The van der Waals surface area contributed by atoms with Crippen molar-refractivity contribution in [3.05, 3.63) is 0 Å². The minimum atomic E-state index is -1.22. The predicted molar refractivity (Wildman–Crippen MR) is 56.9 cm³/mol. The molecule has 1 unspecified atom stereocenters. The summed E-state index contributed by atoms with van der Waals surface area (Å²) >= 11 is 0. The maximum Gasteiger partial charge on any atom is 0.328 e. The number of rotatable bonds is 4. The van der Waals surface area contributed by atoms with E-state index in [1.54, 1.807) is 6.92 Å². The first-order valence-corrected chi connectivity index (χ1v) is 5.35. The van der Waals surface area contributed by atoms with Gasteiger partial charge in [-0.3, -0.25) is 4.79 Å². The van der Waals surface area contributed by atoms with Crippen molar-refractivity contribution in [3.63, 3.8) is 0 Å². The van der Waals surface area contributed by atoms with E-state index in [9.17, 15) is 9.59 Å². The molecule has 0 bridgehead atoms. The molecule has 0 aromatic heterocycles. The number of hydrogen-bond acceptors (Lipinski definition) is 4. The number of carbonyl (C=O) groups is 2. The molecule has 4 N–H and O–H groups in total. The molecule has 0 saturated carbocycles. The van der Waals surface area contributed by atoms with E-state index in [0.29, 0.717) is 6.54 Å². The van der Waals surface area contributed by atoms with Gasteiger partial charge in [0.05, 0.1) is 12.0 Å². The highest BCUT2D eigenvalue weighted by Crippen LogP contribution is 2.25. The molecule has 1 amide bonds. The molecule has 1 aliphatic heterocycles. The van der Waals surface area contributed by atoms with Crippen LogP contribution >= 0.6 is 0 Å². The Balaban J connectivity index is 2.59. The maximum atomic E-state index is 11.9. The Morgan fingerprint density at radius 1 is 1.56 bits per heavy atom. The van der Waals surface area contributed by atoms with Crippen molar-refractivity contribution in [3.8, 4) is 0 Å². The topological polar surface area (TPSA) is 98.7 Å². The van der Waals surface area contributed by atoms with Crippen molar-refractivity contribution in [2.24, 2.45) is 5.41 Å². The summed E-state index contributed by atoms with van der Waals surface area (Å²) in [6.07, 6.45) is 1.62. The molecule has 6 heteroatoms. The van der Waals surface area contributed by atoms with E-state index >= 15 is 0 Å². The van der Waals surface area contributed by atoms with Crippen LogP contribution in [0.25, 0.3) is 0 Å². The van der Waals surface area contributed by atoms with Crippen LogP contribution < -0.4 is 10.6 Å². The van der Waals surface area contributed by atoms with Crippen molar-refractivity contribution in [1.82, 2.24) is 10.6 Å². The predicted octanol–water partition coefficient (Wildman–Crippen LogP) is -1.06. The number of carboxylic acids is 1. The third-order valence-electron chi connectivity index (χ3n) is 2.93. The summed E-state index contributed by atoms with van der Waals surface area (Å²) < 4.78 is 0. The van der Waals surface area contributed by atoms with Crippen LogP contribution in [-0.4, -0.2) is 47.8 Å². The largest absolute Gasteiger partial charge is 0.480 e. The van der Waals surface area contributed by atoms with Crippen molar-refractivity contribution in [2.75, 3.05) is 19.7 Å². The zero-order chi connectivity index (χ0) is 12.2. The number of carbonyl (C=O) groups excluding carboxylic acids is 1. The van der Waals surface area contributed by atoms with Crippen molar-refractivity contribution < 1.29 is 19.8 Å². The van der Waals surface area contributed by atoms with E-state index in [1.807, 2.05) is 0 Å². The van der Waals surface area contributed by atoms with E-state index in [2.05, 4.69) is 10.6 Å². The molecular weight excluding hydrogens is 212 g/mol. The summed E-state index contributed by atoms with van der Waals surface area (Å²) in [4.78, 5) is 22.5. The zero-order valence-corrected chi connectivity index (χ0v) is 9.32. The molecule has 0 aromatic carbocycles. The minimum Gasteiger partial charge on any atom is -0.480 e. The zero-order valence-electron chi connectivity index (χ0n) is 9.32. The SMILES string of the molecule is CC1(C(=O)N[C@@H](CO)C(=O)O)CCCNC1. The molecule has 1 aliphatic rings.